The van der Waals surface area contributed by atoms with Gasteiger partial charge in [0, 0.05) is 41.0 Å². The van der Waals surface area contributed by atoms with Gasteiger partial charge in [0.1, 0.15) is 0 Å². The molecule has 0 fully saturated rings. The van der Waals surface area contributed by atoms with Crippen molar-refractivity contribution in [2.24, 2.45) is 0 Å². The molecule has 0 aliphatic carbocycles. The third-order valence-corrected chi connectivity index (χ3v) is 4.75. The van der Waals surface area contributed by atoms with Crippen molar-refractivity contribution in [3.8, 4) is 0 Å². The largest absolute Gasteiger partial charge is 0.396 e. The summed E-state index contributed by atoms with van der Waals surface area (Å²) in [5.74, 6) is -0.665. The van der Waals surface area contributed by atoms with Crippen LogP contribution in [0.15, 0.2) is 36.4 Å². The molecule has 2 aromatic carbocycles. The van der Waals surface area contributed by atoms with E-state index >= 15 is 0 Å². The highest BCUT2D eigenvalue weighted by atomic mass is 35.5. The summed E-state index contributed by atoms with van der Waals surface area (Å²) in [5.41, 5.74) is 2.20. The molecule has 0 aromatic heterocycles. The van der Waals surface area contributed by atoms with Gasteiger partial charge in [0.25, 0.3) is 11.8 Å². The van der Waals surface area contributed by atoms with Gasteiger partial charge in [-0.25, -0.2) is 0 Å². The second-order valence-electron chi connectivity index (χ2n) is 5.65. The number of fused-ring (bicyclic) bond motifs is 1. The van der Waals surface area contributed by atoms with E-state index in [0.29, 0.717) is 39.8 Å². The van der Waals surface area contributed by atoms with Crippen molar-refractivity contribution in [3.63, 3.8) is 0 Å². The van der Waals surface area contributed by atoms with Crippen LogP contribution in [0.5, 0.6) is 0 Å². The molecule has 0 bridgehead atoms. The number of imide groups is 1. The fourth-order valence-corrected chi connectivity index (χ4v) is 3.26. The highest BCUT2D eigenvalue weighted by molar-refractivity contribution is 6.36. The molecule has 0 saturated heterocycles. The predicted molar refractivity (Wildman–Crippen MR) is 97.3 cm³/mol. The first kappa shape index (κ1) is 17.7. The zero-order chi connectivity index (χ0) is 18.0. The Morgan fingerprint density at radius 3 is 2.36 bits per heavy atom. The van der Waals surface area contributed by atoms with E-state index in [-0.39, 0.29) is 25.0 Å². The van der Waals surface area contributed by atoms with Crippen LogP contribution in [0.25, 0.3) is 0 Å². The second kappa shape index (κ2) is 7.44. The van der Waals surface area contributed by atoms with E-state index in [9.17, 15) is 9.59 Å². The molecule has 130 valence electrons. The molecule has 0 atom stereocenters. The zero-order valence-electron chi connectivity index (χ0n) is 13.3. The monoisotopic (exact) mass is 378 g/mol. The van der Waals surface area contributed by atoms with Gasteiger partial charge in [-0.05, 0) is 36.8 Å². The van der Waals surface area contributed by atoms with Crippen molar-refractivity contribution in [1.82, 2.24) is 4.90 Å². The Hall–Kier alpha value is -2.08. The topological polar surface area (TPSA) is 69.6 Å². The number of aliphatic hydroxyl groups is 1. The Balaban J connectivity index is 1.78. The van der Waals surface area contributed by atoms with Crippen LogP contribution in [0.4, 0.5) is 5.69 Å². The molecule has 2 N–H and O–H groups in total. The summed E-state index contributed by atoms with van der Waals surface area (Å²) < 4.78 is 0. The first-order valence-corrected chi connectivity index (χ1v) is 8.56. The van der Waals surface area contributed by atoms with Gasteiger partial charge in [0.15, 0.2) is 0 Å². The average Bonchev–Trinajstić information content (AvgIpc) is 2.83. The van der Waals surface area contributed by atoms with E-state index in [4.69, 9.17) is 28.3 Å². The molecule has 2 amide bonds. The molecule has 7 heteroatoms. The Labute approximate surface area is 155 Å². The second-order valence-corrected chi connectivity index (χ2v) is 6.47. The van der Waals surface area contributed by atoms with Crippen molar-refractivity contribution in [2.75, 3.05) is 18.5 Å². The quantitative estimate of drug-likeness (QED) is 0.753. The normalized spacial score (nSPS) is 13.3. The number of halogens is 2. The smallest absolute Gasteiger partial charge is 0.261 e. The van der Waals surface area contributed by atoms with Crippen molar-refractivity contribution >= 4 is 40.7 Å². The number of hydrogen-bond acceptors (Lipinski definition) is 4. The Bertz CT molecular complexity index is 819. The van der Waals surface area contributed by atoms with Crippen molar-refractivity contribution in [3.05, 3.63) is 63.1 Å². The van der Waals surface area contributed by atoms with Gasteiger partial charge in [-0.15, -0.1) is 0 Å². The molecule has 0 radical (unpaired) electrons. The third kappa shape index (κ3) is 3.49. The zero-order valence-corrected chi connectivity index (χ0v) is 14.8. The van der Waals surface area contributed by atoms with E-state index in [2.05, 4.69) is 5.32 Å². The van der Waals surface area contributed by atoms with Gasteiger partial charge in [0.2, 0.25) is 0 Å². The number of carbonyl (C=O) groups excluding carboxylic acids is 2. The number of rotatable bonds is 6. The van der Waals surface area contributed by atoms with Crippen LogP contribution in [0, 0.1) is 0 Å². The van der Waals surface area contributed by atoms with E-state index in [1.54, 1.807) is 36.4 Å². The number of aliphatic hydroxyl groups excluding tert-OH is 1. The summed E-state index contributed by atoms with van der Waals surface area (Å²) in [6.45, 7) is 0.535. The van der Waals surface area contributed by atoms with Gasteiger partial charge < -0.3 is 10.4 Å². The van der Waals surface area contributed by atoms with Gasteiger partial charge in [-0.2, -0.15) is 0 Å². The summed E-state index contributed by atoms with van der Waals surface area (Å²) in [7, 11) is 0. The van der Waals surface area contributed by atoms with Crippen molar-refractivity contribution in [1.29, 1.82) is 0 Å². The van der Waals surface area contributed by atoms with Gasteiger partial charge in [0.05, 0.1) is 11.1 Å². The molecule has 1 heterocycles. The van der Waals surface area contributed by atoms with Gasteiger partial charge in [-0.3, -0.25) is 14.5 Å². The molecular formula is C18H16Cl2N2O3. The number of benzene rings is 2. The van der Waals surface area contributed by atoms with Crippen molar-refractivity contribution in [2.45, 2.75) is 13.0 Å². The minimum atomic E-state index is -0.340. The summed E-state index contributed by atoms with van der Waals surface area (Å²) in [6, 6.07) is 10.3. The standard InChI is InChI=1S/C18H16Cl2N2O3/c19-15-3-1-4-16(20)14(15)10-21-11-5-6-12-13(9-11)18(25)22(17(12)24)7-2-8-23/h1,3-6,9,21,23H,2,7-8,10H2. The molecule has 0 saturated carbocycles. The minimum Gasteiger partial charge on any atom is -0.396 e. The highest BCUT2D eigenvalue weighted by Gasteiger charge is 2.35. The first-order chi connectivity index (χ1) is 12.0. The van der Waals surface area contributed by atoms with Crippen LogP contribution in [-0.4, -0.2) is 35.0 Å². The van der Waals surface area contributed by atoms with Crippen LogP contribution in [-0.2, 0) is 6.54 Å². The Morgan fingerprint density at radius 1 is 1.00 bits per heavy atom. The maximum absolute atomic E-state index is 12.4. The number of carbonyl (C=O) groups is 2. The molecular weight excluding hydrogens is 363 g/mol. The maximum atomic E-state index is 12.4. The summed E-state index contributed by atoms with van der Waals surface area (Å²) >= 11 is 12.3. The number of nitrogens with zero attached hydrogens (tertiary/aromatic N) is 1. The predicted octanol–water partition coefficient (Wildman–Crippen LogP) is 3.58. The van der Waals surface area contributed by atoms with E-state index in [1.807, 2.05) is 0 Å². The lowest BCUT2D eigenvalue weighted by molar-refractivity contribution is 0.0645. The fraction of sp³-hybridized carbons (Fsp3) is 0.222. The molecule has 2 aromatic rings. The number of nitrogens with one attached hydrogen (secondary N) is 1. The van der Waals surface area contributed by atoms with Crippen LogP contribution < -0.4 is 5.32 Å². The van der Waals surface area contributed by atoms with Crippen LogP contribution in [0.3, 0.4) is 0 Å². The van der Waals surface area contributed by atoms with Crippen LogP contribution in [0.2, 0.25) is 10.0 Å². The lowest BCUT2D eigenvalue weighted by atomic mass is 10.1. The molecule has 25 heavy (non-hydrogen) atoms. The molecule has 5 nitrogen and oxygen atoms in total. The summed E-state index contributed by atoms with van der Waals surface area (Å²) in [6.07, 6.45) is 0.363. The summed E-state index contributed by atoms with van der Waals surface area (Å²) in [5, 5.41) is 13.2. The SMILES string of the molecule is O=C1c2ccc(NCc3c(Cl)cccc3Cl)cc2C(=O)N1CCCO. The third-order valence-electron chi connectivity index (χ3n) is 4.04. The maximum Gasteiger partial charge on any atom is 0.261 e. The molecule has 3 rings (SSSR count). The first-order valence-electron chi connectivity index (χ1n) is 7.81. The van der Waals surface area contributed by atoms with Crippen LogP contribution in [0.1, 0.15) is 32.7 Å². The fourth-order valence-electron chi connectivity index (χ4n) is 2.72. The number of anilines is 1. The Morgan fingerprint density at radius 2 is 1.68 bits per heavy atom. The lowest BCUT2D eigenvalue weighted by Crippen LogP contribution is -2.31. The summed E-state index contributed by atoms with van der Waals surface area (Å²) in [4.78, 5) is 25.8. The van der Waals surface area contributed by atoms with Gasteiger partial charge in [-0.1, -0.05) is 29.3 Å². The number of amides is 2. The molecule has 1 aliphatic heterocycles. The van der Waals surface area contributed by atoms with Gasteiger partial charge >= 0.3 is 0 Å². The Kier molecular flexibility index (Phi) is 5.27. The van der Waals surface area contributed by atoms with Crippen molar-refractivity contribution < 1.29 is 14.7 Å². The molecule has 1 aliphatic rings. The van der Waals surface area contributed by atoms with Crippen LogP contribution >= 0.6 is 23.2 Å². The lowest BCUT2D eigenvalue weighted by Gasteiger charge is -2.12. The molecule has 0 unspecified atom stereocenters. The minimum absolute atomic E-state index is 0.0706. The average molecular weight is 379 g/mol. The highest BCUT2D eigenvalue weighted by Crippen LogP contribution is 2.28. The molecule has 0 spiro atoms. The van der Waals surface area contributed by atoms with E-state index in [1.165, 1.54) is 0 Å². The van der Waals surface area contributed by atoms with E-state index in [0.717, 1.165) is 10.5 Å². The van der Waals surface area contributed by atoms with E-state index < -0.39 is 0 Å². The number of hydrogen-bond donors (Lipinski definition) is 2.